The second-order valence-electron chi connectivity index (χ2n) is 6.88. The van der Waals surface area contributed by atoms with Crippen LogP contribution in [-0.4, -0.2) is 24.8 Å². The SMILES string of the molecule is CC(C)c1nc(Cc2ccc([N+](=O)[O-])cc2)nc(Cc2ccc([N+](=O)[O-])cc2)n1. The summed E-state index contributed by atoms with van der Waals surface area (Å²) < 4.78 is 0. The van der Waals surface area contributed by atoms with Crippen molar-refractivity contribution in [3.8, 4) is 0 Å². The Balaban J connectivity index is 1.85. The van der Waals surface area contributed by atoms with Gasteiger partial charge < -0.3 is 0 Å². The van der Waals surface area contributed by atoms with Crippen molar-refractivity contribution >= 4 is 11.4 Å². The summed E-state index contributed by atoms with van der Waals surface area (Å²) in [5, 5.41) is 21.6. The first-order chi connectivity index (χ1) is 13.8. The maximum atomic E-state index is 10.8. The highest BCUT2D eigenvalue weighted by Crippen LogP contribution is 2.18. The van der Waals surface area contributed by atoms with Gasteiger partial charge in [0.1, 0.15) is 17.5 Å². The van der Waals surface area contributed by atoms with Gasteiger partial charge >= 0.3 is 0 Å². The van der Waals surface area contributed by atoms with Crippen LogP contribution >= 0.6 is 0 Å². The Morgan fingerprint density at radius 2 is 1.10 bits per heavy atom. The number of hydrogen-bond donors (Lipinski definition) is 0. The van der Waals surface area contributed by atoms with E-state index in [0.29, 0.717) is 30.3 Å². The summed E-state index contributed by atoms with van der Waals surface area (Å²) in [5.74, 6) is 1.92. The van der Waals surface area contributed by atoms with E-state index in [-0.39, 0.29) is 17.3 Å². The van der Waals surface area contributed by atoms with Gasteiger partial charge in [0.05, 0.1) is 9.85 Å². The Hall–Kier alpha value is -3.75. The van der Waals surface area contributed by atoms with Gasteiger partial charge in [0, 0.05) is 43.0 Å². The third-order valence-corrected chi connectivity index (χ3v) is 4.28. The normalized spacial score (nSPS) is 10.9. The lowest BCUT2D eigenvalue weighted by Gasteiger charge is -2.10. The average molecular weight is 393 g/mol. The summed E-state index contributed by atoms with van der Waals surface area (Å²) in [4.78, 5) is 34.3. The molecular formula is C20H19N5O4. The molecule has 3 aromatic rings. The predicted octanol–water partition coefficient (Wildman–Crippen LogP) is 3.99. The Morgan fingerprint density at radius 1 is 0.724 bits per heavy atom. The van der Waals surface area contributed by atoms with E-state index in [4.69, 9.17) is 0 Å². The fourth-order valence-corrected chi connectivity index (χ4v) is 2.74. The van der Waals surface area contributed by atoms with Crippen molar-refractivity contribution in [2.45, 2.75) is 32.6 Å². The van der Waals surface area contributed by atoms with Crippen LogP contribution in [0.5, 0.6) is 0 Å². The first-order valence-corrected chi connectivity index (χ1v) is 9.02. The summed E-state index contributed by atoms with van der Waals surface area (Å²) in [7, 11) is 0. The van der Waals surface area contributed by atoms with E-state index in [2.05, 4.69) is 15.0 Å². The van der Waals surface area contributed by atoms with Gasteiger partial charge in [-0.3, -0.25) is 20.2 Å². The molecule has 148 valence electrons. The topological polar surface area (TPSA) is 125 Å². The molecule has 1 aromatic heterocycles. The lowest BCUT2D eigenvalue weighted by atomic mass is 10.1. The highest BCUT2D eigenvalue weighted by atomic mass is 16.6. The van der Waals surface area contributed by atoms with Gasteiger partial charge in [0.15, 0.2) is 0 Å². The number of hydrogen-bond acceptors (Lipinski definition) is 7. The van der Waals surface area contributed by atoms with Gasteiger partial charge in [-0.1, -0.05) is 38.1 Å². The van der Waals surface area contributed by atoms with Gasteiger partial charge in [-0.05, 0) is 11.1 Å². The van der Waals surface area contributed by atoms with Crippen LogP contribution in [0.2, 0.25) is 0 Å². The first-order valence-electron chi connectivity index (χ1n) is 9.02. The molecule has 0 aliphatic rings. The maximum absolute atomic E-state index is 10.8. The molecule has 2 aromatic carbocycles. The Bertz CT molecular complexity index is 956. The number of nitro groups is 2. The second-order valence-corrected chi connectivity index (χ2v) is 6.88. The minimum Gasteiger partial charge on any atom is -0.258 e. The molecule has 3 rings (SSSR count). The zero-order chi connectivity index (χ0) is 21.0. The monoisotopic (exact) mass is 393 g/mol. The van der Waals surface area contributed by atoms with Gasteiger partial charge in [0.25, 0.3) is 11.4 Å². The smallest absolute Gasteiger partial charge is 0.258 e. The van der Waals surface area contributed by atoms with Gasteiger partial charge in [-0.25, -0.2) is 15.0 Å². The van der Waals surface area contributed by atoms with E-state index in [1.54, 1.807) is 24.3 Å². The highest BCUT2D eigenvalue weighted by molar-refractivity contribution is 5.35. The second kappa shape index (κ2) is 8.51. The number of benzene rings is 2. The molecule has 0 aliphatic carbocycles. The Kier molecular flexibility index (Phi) is 5.87. The standard InChI is InChI=1S/C20H19N5O4/c1-13(2)20-22-18(11-14-3-7-16(8-4-14)24(26)27)21-19(23-20)12-15-5-9-17(10-6-15)25(28)29/h3-10,13H,11-12H2,1-2H3. The summed E-state index contributed by atoms with van der Waals surface area (Å²) in [6, 6.07) is 12.6. The molecule has 0 bridgehead atoms. The minimum atomic E-state index is -0.439. The largest absolute Gasteiger partial charge is 0.269 e. The molecule has 0 atom stereocenters. The van der Waals surface area contributed by atoms with Crippen molar-refractivity contribution in [1.29, 1.82) is 0 Å². The Labute approximate surface area is 166 Å². The van der Waals surface area contributed by atoms with E-state index in [1.807, 2.05) is 13.8 Å². The van der Waals surface area contributed by atoms with Crippen LogP contribution < -0.4 is 0 Å². The van der Waals surface area contributed by atoms with Crippen LogP contribution in [0.3, 0.4) is 0 Å². The van der Waals surface area contributed by atoms with Crippen LogP contribution in [0.4, 0.5) is 11.4 Å². The molecule has 0 aliphatic heterocycles. The summed E-state index contributed by atoms with van der Waals surface area (Å²) in [5.41, 5.74) is 1.79. The van der Waals surface area contributed by atoms with Gasteiger partial charge in [-0.15, -0.1) is 0 Å². The first kappa shape index (κ1) is 20.0. The molecule has 0 radical (unpaired) electrons. The van der Waals surface area contributed by atoms with E-state index >= 15 is 0 Å². The quantitative estimate of drug-likeness (QED) is 0.439. The summed E-state index contributed by atoms with van der Waals surface area (Å²) >= 11 is 0. The molecular weight excluding hydrogens is 374 g/mol. The molecule has 0 amide bonds. The van der Waals surface area contributed by atoms with Gasteiger partial charge in [-0.2, -0.15) is 0 Å². The van der Waals surface area contributed by atoms with E-state index in [0.717, 1.165) is 11.1 Å². The third kappa shape index (κ3) is 5.16. The van der Waals surface area contributed by atoms with E-state index < -0.39 is 9.85 Å². The van der Waals surface area contributed by atoms with Crippen LogP contribution in [0.25, 0.3) is 0 Å². The number of nitro benzene ring substituents is 2. The molecule has 9 nitrogen and oxygen atoms in total. The average Bonchev–Trinajstić information content (AvgIpc) is 2.68. The zero-order valence-electron chi connectivity index (χ0n) is 16.0. The van der Waals surface area contributed by atoms with Crippen LogP contribution in [-0.2, 0) is 12.8 Å². The Morgan fingerprint density at radius 3 is 1.41 bits per heavy atom. The summed E-state index contributed by atoms with van der Waals surface area (Å²) in [6.45, 7) is 3.97. The highest BCUT2D eigenvalue weighted by Gasteiger charge is 2.13. The number of nitrogens with zero attached hydrogens (tertiary/aromatic N) is 5. The molecule has 1 heterocycles. The van der Waals surface area contributed by atoms with Crippen LogP contribution in [0.1, 0.15) is 48.4 Å². The lowest BCUT2D eigenvalue weighted by molar-refractivity contribution is -0.385. The maximum Gasteiger partial charge on any atom is 0.269 e. The van der Waals surface area contributed by atoms with E-state index in [1.165, 1.54) is 24.3 Å². The lowest BCUT2D eigenvalue weighted by Crippen LogP contribution is -2.10. The fraction of sp³-hybridized carbons (Fsp3) is 0.250. The predicted molar refractivity (Wildman–Crippen MR) is 106 cm³/mol. The number of aromatic nitrogens is 3. The third-order valence-electron chi connectivity index (χ3n) is 4.28. The fourth-order valence-electron chi connectivity index (χ4n) is 2.74. The molecule has 0 spiro atoms. The van der Waals surface area contributed by atoms with Crippen molar-refractivity contribution < 1.29 is 9.85 Å². The zero-order valence-corrected chi connectivity index (χ0v) is 16.0. The van der Waals surface area contributed by atoms with Crippen molar-refractivity contribution in [3.63, 3.8) is 0 Å². The molecule has 0 fully saturated rings. The molecule has 29 heavy (non-hydrogen) atoms. The van der Waals surface area contributed by atoms with Crippen molar-refractivity contribution in [1.82, 2.24) is 15.0 Å². The van der Waals surface area contributed by atoms with Crippen LogP contribution in [0, 0.1) is 20.2 Å². The number of rotatable bonds is 7. The number of non-ortho nitro benzene ring substituents is 2. The van der Waals surface area contributed by atoms with Crippen LogP contribution in [0.15, 0.2) is 48.5 Å². The van der Waals surface area contributed by atoms with Gasteiger partial charge in [0.2, 0.25) is 0 Å². The molecule has 0 saturated heterocycles. The molecule has 0 saturated carbocycles. The molecule has 0 unspecified atom stereocenters. The van der Waals surface area contributed by atoms with Crippen molar-refractivity contribution in [2.24, 2.45) is 0 Å². The van der Waals surface area contributed by atoms with Crippen molar-refractivity contribution in [3.05, 3.63) is 97.4 Å². The van der Waals surface area contributed by atoms with E-state index in [9.17, 15) is 20.2 Å². The summed E-state index contributed by atoms with van der Waals surface area (Å²) in [6.07, 6.45) is 0.848. The minimum absolute atomic E-state index is 0.0335. The van der Waals surface area contributed by atoms with Crippen molar-refractivity contribution in [2.75, 3.05) is 0 Å². The molecule has 0 N–H and O–H groups in total. The molecule has 9 heteroatoms.